The number of hydrogen-bond donors (Lipinski definition) is 3. The van der Waals surface area contributed by atoms with Gasteiger partial charge in [-0.1, -0.05) is 18.2 Å². The van der Waals surface area contributed by atoms with Crippen LogP contribution < -0.4 is 10.6 Å². The van der Waals surface area contributed by atoms with E-state index in [0.29, 0.717) is 13.2 Å². The molecule has 0 saturated carbocycles. The number of aliphatic imine (C=N–C) groups is 1. The van der Waals surface area contributed by atoms with Gasteiger partial charge in [0.05, 0.1) is 13.2 Å². The first-order valence-electron chi connectivity index (χ1n) is 9.56. The minimum absolute atomic E-state index is 0. The SMILES string of the molecule is CCNC(=NCc1ccc2c(c1)CCC2)NCC1(CCO)CCOC1.I. The van der Waals surface area contributed by atoms with Gasteiger partial charge in [-0.3, -0.25) is 0 Å². The minimum Gasteiger partial charge on any atom is -0.396 e. The van der Waals surface area contributed by atoms with Crippen LogP contribution in [-0.4, -0.2) is 44.0 Å². The molecule has 1 aliphatic heterocycles. The van der Waals surface area contributed by atoms with E-state index in [9.17, 15) is 5.11 Å². The predicted molar refractivity (Wildman–Crippen MR) is 116 cm³/mol. The quantitative estimate of drug-likeness (QED) is 0.324. The zero-order valence-corrected chi connectivity index (χ0v) is 18.1. The molecule has 0 radical (unpaired) electrons. The van der Waals surface area contributed by atoms with Gasteiger partial charge in [-0.15, -0.1) is 24.0 Å². The van der Waals surface area contributed by atoms with Gasteiger partial charge in [-0.25, -0.2) is 4.99 Å². The van der Waals surface area contributed by atoms with Crippen LogP contribution in [0.1, 0.15) is 42.9 Å². The lowest BCUT2D eigenvalue weighted by Gasteiger charge is -2.27. The third-order valence-electron chi connectivity index (χ3n) is 5.38. The third-order valence-corrected chi connectivity index (χ3v) is 5.38. The van der Waals surface area contributed by atoms with E-state index < -0.39 is 0 Å². The summed E-state index contributed by atoms with van der Waals surface area (Å²) in [5.41, 5.74) is 4.30. The van der Waals surface area contributed by atoms with Crippen molar-refractivity contribution in [1.82, 2.24) is 10.6 Å². The van der Waals surface area contributed by atoms with Crippen LogP contribution in [0.3, 0.4) is 0 Å². The zero-order valence-electron chi connectivity index (χ0n) is 15.7. The number of aliphatic hydroxyl groups is 1. The fourth-order valence-corrected chi connectivity index (χ4v) is 3.82. The average molecular weight is 473 g/mol. The number of fused-ring (bicyclic) bond motifs is 1. The van der Waals surface area contributed by atoms with Gasteiger partial charge in [0, 0.05) is 31.7 Å². The lowest BCUT2D eigenvalue weighted by Crippen LogP contribution is -2.44. The van der Waals surface area contributed by atoms with Crippen molar-refractivity contribution in [1.29, 1.82) is 0 Å². The van der Waals surface area contributed by atoms with Gasteiger partial charge < -0.3 is 20.5 Å². The maximum atomic E-state index is 9.36. The second kappa shape index (κ2) is 10.5. The molecule has 1 unspecified atom stereocenters. The van der Waals surface area contributed by atoms with Gasteiger partial charge in [-0.05, 0) is 55.7 Å². The molecule has 3 rings (SSSR count). The number of halogens is 1. The third kappa shape index (κ3) is 5.57. The summed E-state index contributed by atoms with van der Waals surface area (Å²) in [4.78, 5) is 4.75. The minimum atomic E-state index is 0. The van der Waals surface area contributed by atoms with E-state index >= 15 is 0 Å². The first-order chi connectivity index (χ1) is 12.2. The van der Waals surface area contributed by atoms with Crippen LogP contribution >= 0.6 is 24.0 Å². The summed E-state index contributed by atoms with van der Waals surface area (Å²) in [7, 11) is 0. The van der Waals surface area contributed by atoms with Crippen LogP contribution in [0.4, 0.5) is 0 Å². The predicted octanol–water partition coefficient (Wildman–Crippen LogP) is 2.64. The molecule has 146 valence electrons. The molecule has 1 atom stereocenters. The second-order valence-electron chi connectivity index (χ2n) is 7.28. The molecule has 0 amide bonds. The maximum Gasteiger partial charge on any atom is 0.191 e. The number of aryl methyl sites for hydroxylation is 2. The molecule has 5 nitrogen and oxygen atoms in total. The molecule has 3 N–H and O–H groups in total. The Labute approximate surface area is 174 Å². The molecule has 2 aliphatic rings. The number of ether oxygens (including phenoxy) is 1. The largest absolute Gasteiger partial charge is 0.396 e. The van der Waals surface area contributed by atoms with Crippen molar-refractivity contribution in [2.24, 2.45) is 10.4 Å². The molecule has 1 heterocycles. The van der Waals surface area contributed by atoms with E-state index in [1.54, 1.807) is 0 Å². The highest BCUT2D eigenvalue weighted by Crippen LogP contribution is 2.31. The maximum absolute atomic E-state index is 9.36. The van der Waals surface area contributed by atoms with E-state index in [1.807, 2.05) is 0 Å². The molecule has 1 fully saturated rings. The second-order valence-corrected chi connectivity index (χ2v) is 7.28. The van der Waals surface area contributed by atoms with Crippen LogP contribution in [0, 0.1) is 5.41 Å². The molecule has 1 aromatic carbocycles. The van der Waals surface area contributed by atoms with Gasteiger partial charge in [0.1, 0.15) is 0 Å². The smallest absolute Gasteiger partial charge is 0.191 e. The fraction of sp³-hybridized carbons (Fsp3) is 0.650. The molecule has 0 spiro atoms. The number of hydrogen-bond acceptors (Lipinski definition) is 3. The number of rotatable bonds is 7. The molecule has 0 bridgehead atoms. The Morgan fingerprint density at radius 1 is 1.27 bits per heavy atom. The molecule has 0 aromatic heterocycles. The lowest BCUT2D eigenvalue weighted by molar-refractivity contribution is 0.127. The van der Waals surface area contributed by atoms with Crippen LogP contribution in [0.5, 0.6) is 0 Å². The Kier molecular flexibility index (Phi) is 8.63. The molecular weight excluding hydrogens is 441 g/mol. The monoisotopic (exact) mass is 473 g/mol. The molecule has 1 aromatic rings. The van der Waals surface area contributed by atoms with Crippen molar-refractivity contribution in [3.05, 3.63) is 34.9 Å². The summed E-state index contributed by atoms with van der Waals surface area (Å²) in [5, 5.41) is 16.1. The van der Waals surface area contributed by atoms with E-state index in [2.05, 4.69) is 35.8 Å². The van der Waals surface area contributed by atoms with E-state index in [0.717, 1.165) is 38.5 Å². The average Bonchev–Trinajstić information content (AvgIpc) is 3.27. The fourth-order valence-electron chi connectivity index (χ4n) is 3.82. The number of guanidine groups is 1. The van der Waals surface area contributed by atoms with E-state index in [-0.39, 0.29) is 36.0 Å². The Bertz CT molecular complexity index is 601. The number of nitrogens with one attached hydrogen (secondary N) is 2. The Morgan fingerprint density at radius 3 is 2.85 bits per heavy atom. The highest BCUT2D eigenvalue weighted by molar-refractivity contribution is 14.0. The van der Waals surface area contributed by atoms with Crippen molar-refractivity contribution in [3.63, 3.8) is 0 Å². The molecule has 26 heavy (non-hydrogen) atoms. The topological polar surface area (TPSA) is 65.9 Å². The van der Waals surface area contributed by atoms with Crippen LogP contribution in [0.15, 0.2) is 23.2 Å². The summed E-state index contributed by atoms with van der Waals surface area (Å²) in [6, 6.07) is 6.78. The van der Waals surface area contributed by atoms with Gasteiger partial charge in [0.2, 0.25) is 0 Å². The van der Waals surface area contributed by atoms with Gasteiger partial charge >= 0.3 is 0 Å². The van der Waals surface area contributed by atoms with Crippen LogP contribution in [0.2, 0.25) is 0 Å². The molecule has 1 aliphatic carbocycles. The standard InChI is InChI=1S/C20H31N3O2.HI/c1-2-21-19(23-14-20(8-10-24)9-11-25-15-20)22-13-16-6-7-17-4-3-5-18(17)12-16;/h6-7,12,24H,2-5,8-11,13-15H2,1H3,(H2,21,22,23);1H. The van der Waals surface area contributed by atoms with Crippen molar-refractivity contribution in [3.8, 4) is 0 Å². The van der Waals surface area contributed by atoms with Crippen LogP contribution in [-0.2, 0) is 24.1 Å². The van der Waals surface area contributed by atoms with Crippen molar-refractivity contribution < 1.29 is 9.84 Å². The highest BCUT2D eigenvalue weighted by Gasteiger charge is 2.34. The zero-order chi connectivity index (χ0) is 17.5. The molecule has 1 saturated heterocycles. The van der Waals surface area contributed by atoms with Crippen molar-refractivity contribution >= 4 is 29.9 Å². The number of aliphatic hydroxyl groups excluding tert-OH is 1. The Hall–Kier alpha value is -0.860. The Balaban J connectivity index is 0.00000243. The first kappa shape index (κ1) is 21.4. The van der Waals surface area contributed by atoms with E-state index in [4.69, 9.17) is 9.73 Å². The van der Waals surface area contributed by atoms with Gasteiger partial charge in [0.25, 0.3) is 0 Å². The number of benzene rings is 1. The van der Waals surface area contributed by atoms with Crippen molar-refractivity contribution in [2.45, 2.75) is 45.6 Å². The first-order valence-corrected chi connectivity index (χ1v) is 9.56. The van der Waals surface area contributed by atoms with Crippen molar-refractivity contribution in [2.75, 3.05) is 32.9 Å². The summed E-state index contributed by atoms with van der Waals surface area (Å²) in [6.45, 7) is 6.08. The molecule has 6 heteroatoms. The summed E-state index contributed by atoms with van der Waals surface area (Å²) in [6.07, 6.45) is 5.46. The van der Waals surface area contributed by atoms with Gasteiger partial charge in [-0.2, -0.15) is 0 Å². The lowest BCUT2D eigenvalue weighted by atomic mass is 9.84. The number of nitrogens with zero attached hydrogens (tertiary/aromatic N) is 1. The summed E-state index contributed by atoms with van der Waals surface area (Å²) in [5.74, 6) is 0.840. The normalized spacial score (nSPS) is 22.0. The molecular formula is C20H32IN3O2. The highest BCUT2D eigenvalue weighted by atomic mass is 127. The van der Waals surface area contributed by atoms with Gasteiger partial charge in [0.15, 0.2) is 5.96 Å². The van der Waals surface area contributed by atoms with E-state index in [1.165, 1.54) is 36.0 Å². The summed E-state index contributed by atoms with van der Waals surface area (Å²) >= 11 is 0. The summed E-state index contributed by atoms with van der Waals surface area (Å²) < 4.78 is 5.57. The van der Waals surface area contributed by atoms with Crippen LogP contribution in [0.25, 0.3) is 0 Å². The Morgan fingerprint density at radius 2 is 2.12 bits per heavy atom.